The summed E-state index contributed by atoms with van der Waals surface area (Å²) in [5.41, 5.74) is 18.9. The van der Waals surface area contributed by atoms with Crippen LogP contribution in [-0.4, -0.2) is 6.88 Å². The van der Waals surface area contributed by atoms with Gasteiger partial charge < -0.3 is 23.7 Å². The summed E-state index contributed by atoms with van der Waals surface area (Å²) in [5.74, 6) is 3.77. The molecule has 0 amide bonds. The second kappa shape index (κ2) is 22.6. The number of fused-ring (bicyclic) bond motifs is 2. The normalized spacial score (nSPS) is 11.6. The molecule has 0 aliphatic heterocycles. The predicted octanol–water partition coefficient (Wildman–Crippen LogP) is 19.4. The summed E-state index contributed by atoms with van der Waals surface area (Å²) in [5, 5.41) is 5.16. The van der Waals surface area contributed by atoms with Crippen LogP contribution in [0.1, 0.15) is 139 Å². The van der Waals surface area contributed by atoms with Crippen LogP contribution < -0.4 is 0 Å². The van der Waals surface area contributed by atoms with Gasteiger partial charge in [-0.15, -0.1) is 82.8 Å². The van der Waals surface area contributed by atoms with Crippen LogP contribution in [0.25, 0.3) is 66.4 Å². The van der Waals surface area contributed by atoms with Gasteiger partial charge in [-0.05, 0) is 132 Å². The zero-order valence-electron chi connectivity index (χ0n) is 44.9. The van der Waals surface area contributed by atoms with Gasteiger partial charge in [0.2, 0.25) is 0 Å². The molecule has 68 heavy (non-hydrogen) atoms. The number of rotatable bonds is 4. The van der Waals surface area contributed by atoms with Crippen LogP contribution in [0.3, 0.4) is 0 Å². The molecule has 6 aromatic carbocycles. The SMILES string of the molecule is Cc1ccc(-c2cc3c(-c4cc(C(C)(C)C)cc(C(C)(C)C)c4)c(C)c(C)cc3[cH-]2)o1.Cc1ccc(-c2cc3c(-c4cc(C(C)(C)C)cc(C(C)(C)C)c4)c(C)c(C)cc3[cH-]2)o1.Cl.Cl.[CH3-].[CH3-].[Si]=[Zr]. The number of hydrogen-bond donors (Lipinski definition) is 0. The molecule has 0 saturated carbocycles. The fraction of sp³-hybridized carbons (Fsp3) is 0.355. The Morgan fingerprint density at radius 3 is 0.926 bits per heavy atom. The molecule has 0 atom stereocenters. The molecule has 364 valence electrons. The van der Waals surface area contributed by atoms with Gasteiger partial charge >= 0.3 is 30.2 Å². The van der Waals surface area contributed by atoms with Gasteiger partial charge in [-0.25, -0.2) is 0 Å². The molecule has 2 aromatic heterocycles. The zero-order chi connectivity index (χ0) is 47.4. The van der Waals surface area contributed by atoms with Crippen LogP contribution in [0.5, 0.6) is 0 Å². The van der Waals surface area contributed by atoms with E-state index in [0.717, 1.165) is 34.2 Å². The van der Waals surface area contributed by atoms with Crippen molar-refractivity contribution in [2.24, 2.45) is 0 Å². The third kappa shape index (κ3) is 13.0. The summed E-state index contributed by atoms with van der Waals surface area (Å²) >= 11 is 1.36. The van der Waals surface area contributed by atoms with E-state index in [2.05, 4.69) is 203 Å². The topological polar surface area (TPSA) is 26.3 Å². The summed E-state index contributed by atoms with van der Waals surface area (Å²) in [7, 11) is 0. The van der Waals surface area contributed by atoms with Crippen molar-refractivity contribution in [3.05, 3.63) is 168 Å². The third-order valence-electron chi connectivity index (χ3n) is 13.0. The van der Waals surface area contributed by atoms with Crippen molar-refractivity contribution in [1.29, 1.82) is 0 Å². The van der Waals surface area contributed by atoms with Crippen molar-refractivity contribution >= 4 is 53.2 Å². The number of benzene rings is 4. The van der Waals surface area contributed by atoms with E-state index in [0.29, 0.717) is 0 Å². The van der Waals surface area contributed by atoms with Crippen LogP contribution in [0.15, 0.2) is 106 Å². The van der Waals surface area contributed by atoms with Gasteiger partial charge in [0.05, 0.1) is 23.0 Å². The molecule has 0 aliphatic carbocycles. The van der Waals surface area contributed by atoms with E-state index in [1.807, 2.05) is 26.0 Å². The Bertz CT molecular complexity index is 2710. The molecule has 0 spiro atoms. The summed E-state index contributed by atoms with van der Waals surface area (Å²) < 4.78 is 11.9. The van der Waals surface area contributed by atoms with E-state index in [-0.39, 0.29) is 61.3 Å². The van der Waals surface area contributed by atoms with Gasteiger partial charge in [0.1, 0.15) is 0 Å². The minimum absolute atomic E-state index is 0. The summed E-state index contributed by atoms with van der Waals surface area (Å²) in [6.45, 7) is 43.7. The van der Waals surface area contributed by atoms with Crippen molar-refractivity contribution in [3.8, 4) is 44.9 Å². The Balaban J connectivity index is 0.000000426. The van der Waals surface area contributed by atoms with Crippen molar-refractivity contribution < 1.29 is 32.2 Å². The first-order valence-electron chi connectivity index (χ1n) is 22.8. The third-order valence-corrected chi connectivity index (χ3v) is 13.0. The first-order valence-corrected chi connectivity index (χ1v) is 27.0. The maximum absolute atomic E-state index is 5.93. The average Bonchev–Trinajstić information content (AvgIpc) is 4.02. The number of hydrogen-bond acceptors (Lipinski definition) is 2. The van der Waals surface area contributed by atoms with E-state index >= 15 is 0 Å². The Hall–Kier alpha value is -3.66. The Morgan fingerprint density at radius 1 is 0.412 bits per heavy atom. The molecule has 2 nitrogen and oxygen atoms in total. The molecule has 8 rings (SSSR count). The van der Waals surface area contributed by atoms with Gasteiger partial charge in [0, 0.05) is 0 Å². The van der Waals surface area contributed by atoms with E-state index in [1.165, 1.54) is 112 Å². The van der Waals surface area contributed by atoms with Gasteiger partial charge in [0.25, 0.3) is 0 Å². The fourth-order valence-electron chi connectivity index (χ4n) is 8.69. The molecular weight excluding hydrogens is 967 g/mol. The minimum atomic E-state index is 0. The van der Waals surface area contributed by atoms with E-state index < -0.39 is 0 Å². The first-order chi connectivity index (χ1) is 29.7. The number of furan rings is 2. The van der Waals surface area contributed by atoms with Crippen LogP contribution in [0.2, 0.25) is 0 Å². The molecule has 6 heteroatoms. The fourth-order valence-corrected chi connectivity index (χ4v) is 8.69. The monoisotopic (exact) mass is 1040 g/mol. The van der Waals surface area contributed by atoms with E-state index in [4.69, 9.17) is 8.83 Å². The average molecular weight is 1050 g/mol. The quantitative estimate of drug-likeness (QED) is 0.130. The predicted molar refractivity (Wildman–Crippen MR) is 302 cm³/mol. The van der Waals surface area contributed by atoms with Crippen molar-refractivity contribution in [1.82, 2.24) is 0 Å². The van der Waals surface area contributed by atoms with Crippen molar-refractivity contribution in [3.63, 3.8) is 0 Å². The zero-order valence-corrected chi connectivity index (χ0v) is 50.0. The van der Waals surface area contributed by atoms with Crippen LogP contribution in [0.4, 0.5) is 0 Å². The maximum atomic E-state index is 5.93. The van der Waals surface area contributed by atoms with Gasteiger partial charge in [-0.2, -0.15) is 0 Å². The number of aryl methyl sites for hydroxylation is 4. The second-order valence-electron chi connectivity index (χ2n) is 22.3. The first kappa shape index (κ1) is 60.5. The molecule has 0 aliphatic rings. The summed E-state index contributed by atoms with van der Waals surface area (Å²) in [6.07, 6.45) is 0. The molecule has 0 bridgehead atoms. The van der Waals surface area contributed by atoms with E-state index in [1.54, 1.807) is 0 Å². The molecular formula is C62H78Cl2O2SiZr-4. The molecule has 8 aromatic rings. The van der Waals surface area contributed by atoms with Crippen LogP contribution in [-0.2, 0) is 45.0 Å². The standard InChI is InChI=1S/2C30H35O.2CH3.2ClH.Si.Zr/c2*1-18-12-21-13-22(27-11-10-19(2)31-27)16-26(21)28(20(18)3)23-14-24(29(4,5)6)17-25(15-23)30(7,8)9;;;;;;/h2*10-17H,1-9H3;2*1H3;2*1H;;/q4*-1;;;;. The van der Waals surface area contributed by atoms with Crippen molar-refractivity contribution in [2.75, 3.05) is 0 Å². The molecule has 0 unspecified atom stereocenters. The Labute approximate surface area is 441 Å². The van der Waals surface area contributed by atoms with Gasteiger partial charge in [0.15, 0.2) is 0 Å². The van der Waals surface area contributed by atoms with Gasteiger partial charge in [-0.3, -0.25) is 0 Å². The van der Waals surface area contributed by atoms with E-state index in [9.17, 15) is 0 Å². The Morgan fingerprint density at radius 2 is 0.691 bits per heavy atom. The summed E-state index contributed by atoms with van der Waals surface area (Å²) in [4.78, 5) is 0. The summed E-state index contributed by atoms with van der Waals surface area (Å²) in [6, 6.07) is 36.4. The van der Waals surface area contributed by atoms with Crippen LogP contribution in [0, 0.1) is 56.4 Å². The molecule has 2 radical (unpaired) electrons. The van der Waals surface area contributed by atoms with Crippen LogP contribution >= 0.6 is 24.8 Å². The molecule has 0 saturated heterocycles. The number of halogens is 2. The molecule has 0 N–H and O–H groups in total. The Kier molecular flexibility index (Phi) is 20.1. The van der Waals surface area contributed by atoms with Crippen molar-refractivity contribution in [2.45, 2.75) is 146 Å². The second-order valence-corrected chi connectivity index (χ2v) is 22.3. The van der Waals surface area contributed by atoms with Gasteiger partial charge in [-0.1, -0.05) is 153 Å². The molecule has 0 fully saturated rings. The molecule has 2 heterocycles.